The number of benzene rings is 5. The molecule has 0 saturated carbocycles. The number of hydrogen-bond donors (Lipinski definition) is 0. The molecule has 40 heavy (non-hydrogen) atoms. The van der Waals surface area contributed by atoms with Crippen molar-refractivity contribution in [2.24, 2.45) is 0 Å². The standard InChI is InChI=1S/C30H25B7BrNO/c31-22-18(12-9-10-16-14(11-12)19-15(38)7-4-8-17(19)40-16)23(32)27(36)29-20(22)21-24(33)25(34)26(35)28(37)30(21)39(29)13-5-2-1-3-6-13/h1-11H,31-37H2. The van der Waals surface area contributed by atoms with E-state index < -0.39 is 0 Å². The summed E-state index contributed by atoms with van der Waals surface area (Å²) in [6, 6.07) is 23.7. The maximum absolute atomic E-state index is 6.21. The summed E-state index contributed by atoms with van der Waals surface area (Å²) in [5.41, 5.74) is 17.7. The largest absolute Gasteiger partial charge is 0.456 e. The van der Waals surface area contributed by atoms with Crippen LogP contribution in [-0.2, 0) is 0 Å². The van der Waals surface area contributed by atoms with Crippen LogP contribution in [0.15, 0.2) is 75.6 Å². The Morgan fingerprint density at radius 3 is 1.93 bits per heavy atom. The van der Waals surface area contributed by atoms with Gasteiger partial charge in [-0.2, -0.15) is 0 Å². The Morgan fingerprint density at radius 2 is 1.20 bits per heavy atom. The Bertz CT molecular complexity index is 2200. The van der Waals surface area contributed by atoms with Gasteiger partial charge in [0.15, 0.2) is 0 Å². The third-order valence-electron chi connectivity index (χ3n) is 9.38. The number of hydrogen-bond acceptors (Lipinski definition) is 1. The van der Waals surface area contributed by atoms with E-state index in [4.69, 9.17) is 4.42 Å². The van der Waals surface area contributed by atoms with E-state index in [1.807, 2.05) is 12.1 Å². The molecule has 0 saturated heterocycles. The zero-order valence-electron chi connectivity index (χ0n) is 24.1. The molecule has 0 bridgehead atoms. The van der Waals surface area contributed by atoms with Crippen LogP contribution in [0.25, 0.3) is 60.6 Å². The van der Waals surface area contributed by atoms with Crippen molar-refractivity contribution in [3.8, 4) is 16.8 Å². The van der Waals surface area contributed by atoms with Gasteiger partial charge in [0.05, 0.1) is 0 Å². The van der Waals surface area contributed by atoms with Gasteiger partial charge in [-0.15, -0.1) is 5.46 Å². The SMILES string of the molecule is Bc1c(B)c(B)c2c(c1B)c1c(B)c(-c3ccc4oc5cccc(Br)c5c4c3)c(B)c(B)c1n2-c1ccccc1. The quantitative estimate of drug-likeness (QED) is 0.202. The molecule has 7 aromatic rings. The van der Waals surface area contributed by atoms with Gasteiger partial charge < -0.3 is 8.98 Å². The van der Waals surface area contributed by atoms with Gasteiger partial charge in [0.1, 0.15) is 66.1 Å². The van der Waals surface area contributed by atoms with Crippen molar-refractivity contribution in [2.75, 3.05) is 0 Å². The van der Waals surface area contributed by atoms with Crippen LogP contribution in [0.5, 0.6) is 0 Å². The second kappa shape index (κ2) is 9.07. The molecule has 0 atom stereocenters. The molecule has 0 N–H and O–H groups in total. The molecule has 0 radical (unpaired) electrons. The predicted octanol–water partition coefficient (Wildman–Crippen LogP) is -3.08. The highest BCUT2D eigenvalue weighted by atomic mass is 79.9. The number of furan rings is 1. The van der Waals surface area contributed by atoms with E-state index in [2.05, 4.69) is 130 Å². The molecule has 0 spiro atoms. The second-order valence-electron chi connectivity index (χ2n) is 11.3. The molecule has 2 heterocycles. The summed E-state index contributed by atoms with van der Waals surface area (Å²) >= 11 is 3.77. The van der Waals surface area contributed by atoms with Crippen molar-refractivity contribution in [1.29, 1.82) is 0 Å². The van der Waals surface area contributed by atoms with Gasteiger partial charge in [-0.3, -0.25) is 0 Å². The molecule has 2 aromatic heterocycles. The van der Waals surface area contributed by atoms with Gasteiger partial charge in [0, 0.05) is 37.4 Å². The molecule has 0 fully saturated rings. The first kappa shape index (κ1) is 25.6. The molecule has 184 valence electrons. The maximum Gasteiger partial charge on any atom is 0.141 e. The summed E-state index contributed by atoms with van der Waals surface area (Å²) in [5.74, 6) is 0. The highest BCUT2D eigenvalue weighted by Crippen LogP contribution is 2.36. The Kier molecular flexibility index (Phi) is 5.81. The van der Waals surface area contributed by atoms with Gasteiger partial charge in [0.25, 0.3) is 0 Å². The van der Waals surface area contributed by atoms with E-state index in [9.17, 15) is 0 Å². The fourth-order valence-electron chi connectivity index (χ4n) is 6.92. The van der Waals surface area contributed by atoms with Crippen molar-refractivity contribution < 1.29 is 4.42 Å². The number of aromatic nitrogens is 1. The molecule has 5 aromatic carbocycles. The summed E-state index contributed by atoms with van der Waals surface area (Å²) in [7, 11) is 16.0. The lowest BCUT2D eigenvalue weighted by Crippen LogP contribution is -2.48. The minimum Gasteiger partial charge on any atom is -0.456 e. The minimum atomic E-state index is 0.907. The average molecular weight is 571 g/mol. The first-order valence-corrected chi connectivity index (χ1v) is 14.7. The summed E-state index contributed by atoms with van der Waals surface area (Å²) in [4.78, 5) is 0. The first-order chi connectivity index (χ1) is 19.2. The number of halogens is 1. The Labute approximate surface area is 248 Å². The molecular formula is C30H25B7BrNO. The van der Waals surface area contributed by atoms with Crippen LogP contribution in [0.3, 0.4) is 0 Å². The lowest BCUT2D eigenvalue weighted by atomic mass is 9.64. The van der Waals surface area contributed by atoms with Crippen molar-refractivity contribution in [1.82, 2.24) is 4.57 Å². The summed E-state index contributed by atoms with van der Waals surface area (Å²) in [5, 5.41) is 5.00. The van der Waals surface area contributed by atoms with Crippen LogP contribution in [0.1, 0.15) is 0 Å². The molecule has 2 nitrogen and oxygen atoms in total. The van der Waals surface area contributed by atoms with Crippen LogP contribution < -0.4 is 38.2 Å². The average Bonchev–Trinajstić information content (AvgIpc) is 3.51. The van der Waals surface area contributed by atoms with Gasteiger partial charge in [-0.05, 0) is 52.9 Å². The molecular weight excluding hydrogens is 546 g/mol. The number of nitrogens with zero attached hydrogens (tertiary/aromatic N) is 1. The Hall–Kier alpha value is -3.37. The summed E-state index contributed by atoms with van der Waals surface area (Å²) < 4.78 is 9.78. The summed E-state index contributed by atoms with van der Waals surface area (Å²) in [6.07, 6.45) is 0. The van der Waals surface area contributed by atoms with Gasteiger partial charge >= 0.3 is 0 Å². The van der Waals surface area contributed by atoms with E-state index in [0.29, 0.717) is 0 Å². The number of para-hydroxylation sites is 1. The molecule has 0 amide bonds. The van der Waals surface area contributed by atoms with Crippen LogP contribution in [0.2, 0.25) is 0 Å². The maximum atomic E-state index is 6.21. The predicted molar refractivity (Wildman–Crippen MR) is 198 cm³/mol. The van der Waals surface area contributed by atoms with Crippen LogP contribution >= 0.6 is 15.9 Å². The molecule has 10 heteroatoms. The lowest BCUT2D eigenvalue weighted by molar-refractivity contribution is 0.669. The van der Waals surface area contributed by atoms with Crippen molar-refractivity contribution in [2.45, 2.75) is 0 Å². The zero-order chi connectivity index (χ0) is 28.0. The topological polar surface area (TPSA) is 18.1 Å². The van der Waals surface area contributed by atoms with E-state index in [-0.39, 0.29) is 0 Å². The fourth-order valence-corrected chi connectivity index (χ4v) is 7.48. The Morgan fingerprint density at radius 1 is 0.550 bits per heavy atom. The zero-order valence-corrected chi connectivity index (χ0v) is 25.7. The lowest BCUT2D eigenvalue weighted by Gasteiger charge is -2.18. The normalized spacial score (nSPS) is 11.8. The van der Waals surface area contributed by atoms with Gasteiger partial charge in [0.2, 0.25) is 0 Å². The van der Waals surface area contributed by atoms with E-state index >= 15 is 0 Å². The molecule has 0 unspecified atom stereocenters. The van der Waals surface area contributed by atoms with Crippen LogP contribution in [0.4, 0.5) is 0 Å². The fraction of sp³-hybridized carbons (Fsp3) is 0. The van der Waals surface area contributed by atoms with Crippen LogP contribution in [-0.4, -0.2) is 59.5 Å². The van der Waals surface area contributed by atoms with Gasteiger partial charge in [-0.25, -0.2) is 0 Å². The van der Waals surface area contributed by atoms with Gasteiger partial charge in [-0.1, -0.05) is 79.0 Å². The first-order valence-electron chi connectivity index (χ1n) is 13.9. The molecule has 0 aliphatic carbocycles. The number of fused-ring (bicyclic) bond motifs is 6. The molecule has 0 aliphatic rings. The van der Waals surface area contributed by atoms with Crippen LogP contribution in [0, 0.1) is 0 Å². The van der Waals surface area contributed by atoms with Crippen molar-refractivity contribution >= 4 is 153 Å². The van der Waals surface area contributed by atoms with E-state index in [1.54, 1.807) is 0 Å². The van der Waals surface area contributed by atoms with Crippen molar-refractivity contribution in [3.63, 3.8) is 0 Å². The summed E-state index contributed by atoms with van der Waals surface area (Å²) in [6.45, 7) is 0. The smallest absolute Gasteiger partial charge is 0.141 e. The highest BCUT2D eigenvalue weighted by Gasteiger charge is 2.24. The third-order valence-corrected chi connectivity index (χ3v) is 10.0. The Balaban J connectivity index is 1.67. The third kappa shape index (κ3) is 3.38. The van der Waals surface area contributed by atoms with Crippen molar-refractivity contribution in [3.05, 3.63) is 71.2 Å². The minimum absolute atomic E-state index is 0.907. The highest BCUT2D eigenvalue weighted by molar-refractivity contribution is 9.10. The molecule has 0 aliphatic heterocycles. The van der Waals surface area contributed by atoms with E-state index in [0.717, 1.165) is 26.4 Å². The number of rotatable bonds is 2. The monoisotopic (exact) mass is 571 g/mol. The van der Waals surface area contributed by atoms with E-state index in [1.165, 1.54) is 76.9 Å². The second-order valence-corrected chi connectivity index (χ2v) is 12.1. The molecule has 7 rings (SSSR count).